The smallest absolute Gasteiger partial charge is 0.261 e. The van der Waals surface area contributed by atoms with Gasteiger partial charge in [-0.2, -0.15) is 0 Å². The Morgan fingerprint density at radius 1 is 1.06 bits per heavy atom. The van der Waals surface area contributed by atoms with Crippen LogP contribution in [0.5, 0.6) is 11.5 Å². The van der Waals surface area contributed by atoms with Crippen LogP contribution >= 0.6 is 27.5 Å². The van der Waals surface area contributed by atoms with Crippen molar-refractivity contribution in [3.8, 4) is 11.5 Å². The van der Waals surface area contributed by atoms with Crippen molar-refractivity contribution in [1.29, 1.82) is 0 Å². The average Bonchev–Trinajstić information content (AvgIpc) is 2.79. The molecule has 3 aromatic carbocycles. The molecule has 2 N–H and O–H groups in total. The highest BCUT2D eigenvalue weighted by molar-refractivity contribution is 9.10. The van der Waals surface area contributed by atoms with Crippen molar-refractivity contribution in [3.05, 3.63) is 81.8 Å². The molecule has 0 aromatic heterocycles. The van der Waals surface area contributed by atoms with Crippen LogP contribution in [-0.2, 0) is 14.8 Å². The number of hydrogen-bond acceptors (Lipinski definition) is 5. The normalized spacial score (nSPS) is 12.0. The number of ether oxygens (including phenoxy) is 2. The molecule has 0 aliphatic heterocycles. The number of carbonyl (C=O) groups is 1. The zero-order valence-corrected chi connectivity index (χ0v) is 21.0. The molecule has 0 saturated heterocycles. The van der Waals surface area contributed by atoms with Crippen molar-refractivity contribution >= 4 is 49.1 Å². The van der Waals surface area contributed by atoms with Crippen LogP contribution in [0.25, 0.3) is 0 Å². The van der Waals surface area contributed by atoms with Gasteiger partial charge >= 0.3 is 0 Å². The van der Waals surface area contributed by atoms with Crippen LogP contribution < -0.4 is 19.5 Å². The molecule has 3 aromatic rings. The van der Waals surface area contributed by atoms with Gasteiger partial charge in [0, 0.05) is 10.2 Å². The Labute approximate surface area is 206 Å². The maximum absolute atomic E-state index is 12.7. The molecule has 0 heterocycles. The molecule has 0 spiro atoms. The molecule has 0 aliphatic rings. The number of amides is 1. The number of hydrogen-bond donors (Lipinski definition) is 2. The molecule has 174 valence electrons. The Morgan fingerprint density at radius 2 is 1.73 bits per heavy atom. The first-order valence-electron chi connectivity index (χ1n) is 9.82. The van der Waals surface area contributed by atoms with E-state index in [4.69, 9.17) is 21.1 Å². The maximum Gasteiger partial charge on any atom is 0.261 e. The Hall–Kier alpha value is -2.75. The average molecular weight is 554 g/mol. The van der Waals surface area contributed by atoms with E-state index in [-0.39, 0.29) is 34.2 Å². The van der Waals surface area contributed by atoms with Crippen LogP contribution in [0.3, 0.4) is 0 Å². The van der Waals surface area contributed by atoms with Crippen molar-refractivity contribution in [2.75, 3.05) is 18.4 Å². The summed E-state index contributed by atoms with van der Waals surface area (Å²) in [5.74, 6) is 0.476. The third-order valence-corrected chi connectivity index (χ3v) is 6.87. The number of benzene rings is 3. The van der Waals surface area contributed by atoms with E-state index in [0.29, 0.717) is 11.4 Å². The topological polar surface area (TPSA) is 93.7 Å². The first-order chi connectivity index (χ1) is 15.7. The van der Waals surface area contributed by atoms with E-state index < -0.39 is 10.0 Å². The molecule has 33 heavy (non-hydrogen) atoms. The predicted octanol–water partition coefficient (Wildman–Crippen LogP) is 5.17. The lowest BCUT2D eigenvalue weighted by Gasteiger charge is -2.15. The summed E-state index contributed by atoms with van der Waals surface area (Å²) in [6.07, 6.45) is 0. The summed E-state index contributed by atoms with van der Waals surface area (Å²) in [7, 11) is -2.34. The summed E-state index contributed by atoms with van der Waals surface area (Å²) in [5, 5.41) is 2.91. The molecule has 7 nitrogen and oxygen atoms in total. The number of methoxy groups -OCH3 is 1. The Balaban J connectivity index is 1.60. The van der Waals surface area contributed by atoms with Crippen molar-refractivity contribution in [3.63, 3.8) is 0 Å². The van der Waals surface area contributed by atoms with Gasteiger partial charge in [0.1, 0.15) is 11.5 Å². The zero-order valence-electron chi connectivity index (χ0n) is 17.8. The molecule has 0 aliphatic carbocycles. The van der Waals surface area contributed by atoms with Gasteiger partial charge in [-0.1, -0.05) is 39.7 Å². The number of anilines is 1. The summed E-state index contributed by atoms with van der Waals surface area (Å²) in [4.78, 5) is 12.2. The second-order valence-electron chi connectivity index (χ2n) is 7.06. The Kier molecular flexibility index (Phi) is 8.23. The fourth-order valence-corrected chi connectivity index (χ4v) is 4.55. The number of nitrogens with one attached hydrogen (secondary N) is 2. The van der Waals surface area contributed by atoms with Crippen LogP contribution in [0.15, 0.2) is 76.1 Å². The molecule has 0 fully saturated rings. The second-order valence-corrected chi connectivity index (χ2v) is 10.1. The number of sulfonamides is 1. The van der Waals surface area contributed by atoms with Gasteiger partial charge in [-0.05, 0) is 67.1 Å². The van der Waals surface area contributed by atoms with Crippen LogP contribution in [0.2, 0.25) is 5.02 Å². The van der Waals surface area contributed by atoms with Gasteiger partial charge in [0.05, 0.1) is 23.1 Å². The summed E-state index contributed by atoms with van der Waals surface area (Å²) >= 11 is 9.58. The van der Waals surface area contributed by atoms with E-state index in [1.807, 2.05) is 31.2 Å². The van der Waals surface area contributed by atoms with Gasteiger partial charge in [0.2, 0.25) is 0 Å². The lowest BCUT2D eigenvalue weighted by molar-refractivity contribution is -0.123. The number of halogens is 2. The van der Waals surface area contributed by atoms with Crippen molar-refractivity contribution in [1.82, 2.24) is 5.32 Å². The Bertz CT molecular complexity index is 1220. The van der Waals surface area contributed by atoms with Crippen molar-refractivity contribution < 1.29 is 22.7 Å². The van der Waals surface area contributed by atoms with E-state index in [2.05, 4.69) is 26.0 Å². The quantitative estimate of drug-likeness (QED) is 0.381. The maximum atomic E-state index is 12.7. The van der Waals surface area contributed by atoms with E-state index in [0.717, 1.165) is 10.0 Å². The van der Waals surface area contributed by atoms with Gasteiger partial charge in [-0.25, -0.2) is 8.42 Å². The molecular weight excluding hydrogens is 532 g/mol. The minimum absolute atomic E-state index is 0.0380. The third kappa shape index (κ3) is 6.86. The largest absolute Gasteiger partial charge is 0.497 e. The van der Waals surface area contributed by atoms with E-state index in [1.165, 1.54) is 25.3 Å². The lowest BCUT2D eigenvalue weighted by atomic mass is 10.1. The molecule has 1 atom stereocenters. The molecule has 0 saturated carbocycles. The third-order valence-electron chi connectivity index (χ3n) is 4.66. The SMILES string of the molecule is COc1ccc(NS(=O)(=O)c2ccc(OCC(=O)NC(C)c3ccc(Br)cc3)c(Cl)c2)cc1. The fraction of sp³-hybridized carbons (Fsp3) is 0.174. The highest BCUT2D eigenvalue weighted by atomic mass is 79.9. The number of rotatable bonds is 9. The summed E-state index contributed by atoms with van der Waals surface area (Å²) in [6.45, 7) is 1.60. The predicted molar refractivity (Wildman–Crippen MR) is 131 cm³/mol. The van der Waals surface area contributed by atoms with E-state index in [9.17, 15) is 13.2 Å². The van der Waals surface area contributed by atoms with Crippen molar-refractivity contribution in [2.45, 2.75) is 17.9 Å². The Morgan fingerprint density at radius 3 is 2.33 bits per heavy atom. The van der Waals surface area contributed by atoms with Crippen molar-refractivity contribution in [2.24, 2.45) is 0 Å². The minimum atomic E-state index is -3.87. The highest BCUT2D eigenvalue weighted by Gasteiger charge is 2.17. The highest BCUT2D eigenvalue weighted by Crippen LogP contribution is 2.28. The standard InChI is InChI=1S/C23H22BrClN2O5S/c1-15(16-3-5-17(24)6-4-16)26-23(28)14-32-22-12-11-20(13-21(22)25)33(29,30)27-18-7-9-19(31-2)10-8-18/h3-13,15,27H,14H2,1-2H3,(H,26,28). The first-order valence-corrected chi connectivity index (χ1v) is 12.5. The minimum Gasteiger partial charge on any atom is -0.497 e. The van der Waals surface area contributed by atoms with Crippen LogP contribution in [0, 0.1) is 0 Å². The van der Waals surface area contributed by atoms with Gasteiger partial charge < -0.3 is 14.8 Å². The summed E-state index contributed by atoms with van der Waals surface area (Å²) < 4.78 is 39.3. The van der Waals surface area contributed by atoms with Gasteiger partial charge in [-0.3, -0.25) is 9.52 Å². The molecule has 1 unspecified atom stereocenters. The van der Waals surface area contributed by atoms with Gasteiger partial charge in [0.15, 0.2) is 6.61 Å². The molecular formula is C23H22BrClN2O5S. The fourth-order valence-electron chi connectivity index (χ4n) is 2.90. The summed E-state index contributed by atoms with van der Waals surface area (Å²) in [6, 6.07) is 17.9. The summed E-state index contributed by atoms with van der Waals surface area (Å²) in [5.41, 5.74) is 1.33. The van der Waals surface area contributed by atoms with E-state index >= 15 is 0 Å². The van der Waals surface area contributed by atoms with Crippen LogP contribution in [0.4, 0.5) is 5.69 Å². The number of carbonyl (C=O) groups excluding carboxylic acids is 1. The zero-order chi connectivity index (χ0) is 24.0. The van der Waals surface area contributed by atoms with Crippen LogP contribution in [0.1, 0.15) is 18.5 Å². The monoisotopic (exact) mass is 552 g/mol. The van der Waals surface area contributed by atoms with Crippen LogP contribution in [-0.4, -0.2) is 28.0 Å². The lowest BCUT2D eigenvalue weighted by Crippen LogP contribution is -2.31. The van der Waals surface area contributed by atoms with Gasteiger partial charge in [0.25, 0.3) is 15.9 Å². The van der Waals surface area contributed by atoms with Gasteiger partial charge in [-0.15, -0.1) is 0 Å². The molecule has 0 radical (unpaired) electrons. The second kappa shape index (κ2) is 10.9. The molecule has 3 rings (SSSR count). The van der Waals surface area contributed by atoms with E-state index in [1.54, 1.807) is 24.3 Å². The molecule has 1 amide bonds. The molecule has 10 heteroatoms. The first kappa shape index (κ1) is 24.9. The molecule has 0 bridgehead atoms.